The van der Waals surface area contributed by atoms with Gasteiger partial charge in [-0.05, 0) is 37.3 Å². The minimum Gasteiger partial charge on any atom is -0.349 e. The van der Waals surface area contributed by atoms with Crippen molar-refractivity contribution in [1.82, 2.24) is 15.0 Å². The van der Waals surface area contributed by atoms with Crippen LogP contribution in [0, 0.1) is 6.92 Å². The number of rotatable bonds is 5. The highest BCUT2D eigenvalue weighted by Gasteiger charge is 2.33. The van der Waals surface area contributed by atoms with Gasteiger partial charge in [0.25, 0.3) is 0 Å². The molecule has 0 unspecified atom stereocenters. The first-order valence-corrected chi connectivity index (χ1v) is 8.32. The Kier molecular flexibility index (Phi) is 5.46. The molecule has 0 aliphatic rings. The SMILES string of the molecule is Cc1cc(Nc2ccc(Cl)c(C(F)(F)F)c2)nc(NCc2ccccn2)n1. The van der Waals surface area contributed by atoms with Gasteiger partial charge in [0.1, 0.15) is 5.82 Å². The molecule has 0 saturated heterocycles. The molecule has 0 amide bonds. The molecule has 0 spiro atoms. The van der Waals surface area contributed by atoms with E-state index in [9.17, 15) is 13.2 Å². The number of nitrogens with zero attached hydrogens (tertiary/aromatic N) is 3. The predicted molar refractivity (Wildman–Crippen MR) is 98.1 cm³/mol. The second-order valence-corrected chi connectivity index (χ2v) is 6.12. The van der Waals surface area contributed by atoms with Gasteiger partial charge in [-0.3, -0.25) is 4.98 Å². The monoisotopic (exact) mass is 393 g/mol. The van der Waals surface area contributed by atoms with E-state index >= 15 is 0 Å². The standard InChI is InChI=1S/C18H15ClF3N5/c1-11-8-16(26-12-5-6-15(19)14(9-12)18(20,21)22)27-17(25-11)24-10-13-4-2-3-7-23-13/h2-9H,10H2,1H3,(H2,24,25,26,27). The molecule has 2 N–H and O–H groups in total. The first-order valence-electron chi connectivity index (χ1n) is 7.94. The fourth-order valence-corrected chi connectivity index (χ4v) is 2.58. The van der Waals surface area contributed by atoms with Gasteiger partial charge in [-0.25, -0.2) is 4.98 Å². The van der Waals surface area contributed by atoms with Crippen LogP contribution in [-0.4, -0.2) is 15.0 Å². The topological polar surface area (TPSA) is 62.7 Å². The molecule has 0 radical (unpaired) electrons. The van der Waals surface area contributed by atoms with E-state index in [1.807, 2.05) is 18.2 Å². The van der Waals surface area contributed by atoms with E-state index in [1.54, 1.807) is 19.2 Å². The Labute approximate surface area is 158 Å². The van der Waals surface area contributed by atoms with Crippen molar-refractivity contribution in [3.8, 4) is 0 Å². The van der Waals surface area contributed by atoms with Gasteiger partial charge in [-0.15, -0.1) is 0 Å². The van der Waals surface area contributed by atoms with Crippen LogP contribution in [0.2, 0.25) is 5.02 Å². The van der Waals surface area contributed by atoms with Gasteiger partial charge in [-0.1, -0.05) is 17.7 Å². The fourth-order valence-electron chi connectivity index (χ4n) is 2.35. The molecule has 27 heavy (non-hydrogen) atoms. The van der Waals surface area contributed by atoms with Crippen LogP contribution in [0.15, 0.2) is 48.7 Å². The molecule has 0 fully saturated rings. The molecule has 5 nitrogen and oxygen atoms in total. The summed E-state index contributed by atoms with van der Waals surface area (Å²) in [6, 6.07) is 10.8. The van der Waals surface area contributed by atoms with Crippen LogP contribution >= 0.6 is 11.6 Å². The number of anilines is 3. The van der Waals surface area contributed by atoms with Gasteiger partial charge < -0.3 is 10.6 Å². The van der Waals surface area contributed by atoms with Gasteiger partial charge in [0.2, 0.25) is 5.95 Å². The number of hydrogen-bond donors (Lipinski definition) is 2. The van der Waals surface area contributed by atoms with Crippen molar-refractivity contribution in [1.29, 1.82) is 0 Å². The molecular formula is C18H15ClF3N5. The van der Waals surface area contributed by atoms with Crippen LogP contribution in [0.1, 0.15) is 17.0 Å². The summed E-state index contributed by atoms with van der Waals surface area (Å²) in [4.78, 5) is 12.7. The summed E-state index contributed by atoms with van der Waals surface area (Å²) in [5, 5.41) is 5.55. The van der Waals surface area contributed by atoms with Crippen molar-refractivity contribution in [3.63, 3.8) is 0 Å². The first kappa shape index (κ1) is 18.9. The Balaban J connectivity index is 1.78. The number of aromatic nitrogens is 3. The highest BCUT2D eigenvalue weighted by molar-refractivity contribution is 6.31. The van der Waals surface area contributed by atoms with Crippen molar-refractivity contribution in [2.24, 2.45) is 0 Å². The van der Waals surface area contributed by atoms with Crippen LogP contribution in [-0.2, 0) is 12.7 Å². The maximum absolute atomic E-state index is 13.0. The Hall–Kier alpha value is -2.87. The molecule has 3 rings (SSSR count). The molecule has 0 atom stereocenters. The number of nitrogens with one attached hydrogen (secondary N) is 2. The molecular weight excluding hydrogens is 379 g/mol. The van der Waals surface area contributed by atoms with Crippen LogP contribution < -0.4 is 10.6 Å². The molecule has 0 bridgehead atoms. The van der Waals surface area contributed by atoms with E-state index in [-0.39, 0.29) is 10.7 Å². The quantitative estimate of drug-likeness (QED) is 0.623. The molecule has 0 aliphatic heterocycles. The highest BCUT2D eigenvalue weighted by Crippen LogP contribution is 2.36. The molecule has 2 aromatic heterocycles. The normalized spacial score (nSPS) is 11.3. The second kappa shape index (κ2) is 7.79. The third-order valence-corrected chi connectivity index (χ3v) is 3.88. The zero-order valence-electron chi connectivity index (χ0n) is 14.2. The van der Waals surface area contributed by atoms with Gasteiger partial charge in [-0.2, -0.15) is 18.2 Å². The summed E-state index contributed by atoms with van der Waals surface area (Å²) in [5.41, 5.74) is 0.777. The Morgan fingerprint density at radius 3 is 2.59 bits per heavy atom. The maximum atomic E-state index is 13.0. The number of pyridine rings is 1. The van der Waals surface area contributed by atoms with E-state index < -0.39 is 11.7 Å². The van der Waals surface area contributed by atoms with Crippen molar-refractivity contribution < 1.29 is 13.2 Å². The van der Waals surface area contributed by atoms with Gasteiger partial charge in [0.05, 0.1) is 22.8 Å². The summed E-state index contributed by atoms with van der Waals surface area (Å²) in [5.74, 6) is 0.703. The predicted octanol–water partition coefficient (Wildman–Crippen LogP) is 5.21. The third-order valence-electron chi connectivity index (χ3n) is 3.55. The average molecular weight is 394 g/mol. The Bertz CT molecular complexity index is 932. The third kappa shape index (κ3) is 5.07. The van der Waals surface area contributed by atoms with E-state index in [0.29, 0.717) is 24.0 Å². The maximum Gasteiger partial charge on any atom is 0.417 e. The summed E-state index contributed by atoms with van der Waals surface area (Å²) >= 11 is 5.64. The number of alkyl halides is 3. The van der Waals surface area contributed by atoms with Crippen molar-refractivity contribution in [2.75, 3.05) is 10.6 Å². The van der Waals surface area contributed by atoms with Gasteiger partial charge in [0.15, 0.2) is 0 Å². The van der Waals surface area contributed by atoms with Crippen LogP contribution in [0.25, 0.3) is 0 Å². The minimum atomic E-state index is -4.54. The van der Waals surface area contributed by atoms with Crippen molar-refractivity contribution in [3.05, 3.63) is 70.6 Å². The lowest BCUT2D eigenvalue weighted by Crippen LogP contribution is -2.08. The lowest BCUT2D eigenvalue weighted by Gasteiger charge is -2.13. The number of hydrogen-bond acceptors (Lipinski definition) is 5. The van der Waals surface area contributed by atoms with Crippen molar-refractivity contribution >= 4 is 29.1 Å². The average Bonchev–Trinajstić information content (AvgIpc) is 2.61. The summed E-state index contributed by atoms with van der Waals surface area (Å²) in [7, 11) is 0. The second-order valence-electron chi connectivity index (χ2n) is 5.71. The zero-order chi connectivity index (χ0) is 19.4. The molecule has 0 aliphatic carbocycles. The lowest BCUT2D eigenvalue weighted by atomic mass is 10.2. The van der Waals surface area contributed by atoms with E-state index in [0.717, 1.165) is 11.8 Å². The molecule has 140 valence electrons. The molecule has 3 aromatic rings. The number of aryl methyl sites for hydroxylation is 1. The summed E-state index contributed by atoms with van der Waals surface area (Å²) < 4.78 is 39.0. The number of benzene rings is 1. The smallest absolute Gasteiger partial charge is 0.349 e. The molecule has 0 saturated carbocycles. The van der Waals surface area contributed by atoms with E-state index in [1.165, 1.54) is 12.1 Å². The fraction of sp³-hybridized carbons (Fsp3) is 0.167. The molecule has 1 aromatic carbocycles. The van der Waals surface area contributed by atoms with Crippen LogP contribution in [0.5, 0.6) is 0 Å². The van der Waals surface area contributed by atoms with Crippen molar-refractivity contribution in [2.45, 2.75) is 19.6 Å². The zero-order valence-corrected chi connectivity index (χ0v) is 14.9. The Morgan fingerprint density at radius 1 is 1.07 bits per heavy atom. The lowest BCUT2D eigenvalue weighted by molar-refractivity contribution is -0.137. The highest BCUT2D eigenvalue weighted by atomic mass is 35.5. The molecule has 9 heteroatoms. The number of halogens is 4. The summed E-state index contributed by atoms with van der Waals surface area (Å²) in [6.07, 6.45) is -2.86. The van der Waals surface area contributed by atoms with Crippen LogP contribution in [0.4, 0.5) is 30.6 Å². The first-order chi connectivity index (χ1) is 12.8. The molecule has 2 heterocycles. The van der Waals surface area contributed by atoms with Crippen LogP contribution in [0.3, 0.4) is 0 Å². The van der Waals surface area contributed by atoms with E-state index in [4.69, 9.17) is 11.6 Å². The van der Waals surface area contributed by atoms with Gasteiger partial charge in [0, 0.05) is 23.6 Å². The summed E-state index contributed by atoms with van der Waals surface area (Å²) in [6.45, 7) is 2.19. The Morgan fingerprint density at radius 2 is 1.89 bits per heavy atom. The van der Waals surface area contributed by atoms with E-state index in [2.05, 4.69) is 25.6 Å². The largest absolute Gasteiger partial charge is 0.417 e. The minimum absolute atomic E-state index is 0.223. The van der Waals surface area contributed by atoms with Gasteiger partial charge >= 0.3 is 6.18 Å².